The molecule has 0 aromatic carbocycles. The lowest BCUT2D eigenvalue weighted by atomic mass is 10.1. The fourth-order valence-electron chi connectivity index (χ4n) is 0.767. The molecule has 1 rings (SSSR count). The zero-order valence-corrected chi connectivity index (χ0v) is 6.24. The van der Waals surface area contributed by atoms with Crippen molar-refractivity contribution >= 4 is 5.78 Å². The lowest BCUT2D eigenvalue weighted by Crippen LogP contribution is -1.95. The van der Waals surface area contributed by atoms with Gasteiger partial charge in [-0.2, -0.15) is 0 Å². The summed E-state index contributed by atoms with van der Waals surface area (Å²) in [5.74, 6) is -0.0344. The van der Waals surface area contributed by atoms with Crippen LogP contribution in [0.25, 0.3) is 0 Å². The number of Topliss-reactive ketones (excluding diaryl/α,β-unsaturated/α-hetero) is 1. The molecule has 0 aliphatic carbocycles. The van der Waals surface area contributed by atoms with Crippen LogP contribution in [0.1, 0.15) is 22.8 Å². The van der Waals surface area contributed by atoms with Gasteiger partial charge < -0.3 is 5.11 Å². The molecule has 3 nitrogen and oxygen atoms in total. The van der Waals surface area contributed by atoms with E-state index in [1.54, 1.807) is 6.07 Å². The first-order valence-electron chi connectivity index (χ1n) is 3.30. The molecule has 0 aliphatic rings. The molecule has 3 heteroatoms. The highest BCUT2D eigenvalue weighted by atomic mass is 16.3. The van der Waals surface area contributed by atoms with Gasteiger partial charge >= 0.3 is 0 Å². The van der Waals surface area contributed by atoms with Crippen molar-refractivity contribution in [1.29, 1.82) is 0 Å². The Morgan fingerprint density at radius 2 is 2.36 bits per heavy atom. The maximum Gasteiger partial charge on any atom is 0.161 e. The van der Waals surface area contributed by atoms with Crippen molar-refractivity contribution < 1.29 is 9.90 Å². The number of carbonyl (C=O) groups excluding carboxylic acids is 1. The summed E-state index contributed by atoms with van der Waals surface area (Å²) >= 11 is 0. The van der Waals surface area contributed by atoms with Crippen LogP contribution in [0.4, 0.5) is 0 Å². The number of nitrogens with zero attached hydrogens (tertiary/aromatic N) is 1. The molecule has 1 heterocycles. The van der Waals surface area contributed by atoms with Gasteiger partial charge in [0.1, 0.15) is 0 Å². The van der Waals surface area contributed by atoms with E-state index in [-0.39, 0.29) is 12.4 Å². The summed E-state index contributed by atoms with van der Waals surface area (Å²) in [5.41, 5.74) is 1.20. The standard InChI is InChI=1S/C8H9NO2/c1-6(11)8-2-7(5-10)3-9-4-8/h2-4,10H,5H2,1H3. The van der Waals surface area contributed by atoms with Gasteiger partial charge in [-0.3, -0.25) is 9.78 Å². The fourth-order valence-corrected chi connectivity index (χ4v) is 0.767. The number of pyridine rings is 1. The van der Waals surface area contributed by atoms with E-state index in [0.717, 1.165) is 0 Å². The molecule has 1 N–H and O–H groups in total. The Morgan fingerprint density at radius 3 is 2.91 bits per heavy atom. The topological polar surface area (TPSA) is 50.2 Å². The number of ketones is 1. The number of aliphatic hydroxyl groups is 1. The number of hydrogen-bond donors (Lipinski definition) is 1. The van der Waals surface area contributed by atoms with Crippen LogP contribution >= 0.6 is 0 Å². The molecule has 58 valence electrons. The average molecular weight is 151 g/mol. The van der Waals surface area contributed by atoms with Crippen LogP contribution in [0.2, 0.25) is 0 Å². The molecule has 0 aliphatic heterocycles. The van der Waals surface area contributed by atoms with Gasteiger partial charge in [0.25, 0.3) is 0 Å². The minimum absolute atomic E-state index is 0.0344. The smallest absolute Gasteiger partial charge is 0.161 e. The minimum Gasteiger partial charge on any atom is -0.392 e. The first-order valence-corrected chi connectivity index (χ1v) is 3.30. The molecular formula is C8H9NO2. The van der Waals surface area contributed by atoms with Crippen LogP contribution in [-0.4, -0.2) is 15.9 Å². The molecule has 0 saturated heterocycles. The van der Waals surface area contributed by atoms with Crippen LogP contribution in [-0.2, 0) is 6.61 Å². The van der Waals surface area contributed by atoms with E-state index < -0.39 is 0 Å². The van der Waals surface area contributed by atoms with Crippen LogP contribution in [0, 0.1) is 0 Å². The maximum absolute atomic E-state index is 10.8. The van der Waals surface area contributed by atoms with Crippen LogP contribution in [0.5, 0.6) is 0 Å². The quantitative estimate of drug-likeness (QED) is 0.635. The summed E-state index contributed by atoms with van der Waals surface area (Å²) in [7, 11) is 0. The molecule has 0 amide bonds. The highest BCUT2D eigenvalue weighted by molar-refractivity contribution is 5.93. The predicted molar refractivity (Wildman–Crippen MR) is 40.2 cm³/mol. The first kappa shape index (κ1) is 7.88. The Labute approximate surface area is 64.7 Å². The zero-order chi connectivity index (χ0) is 8.27. The van der Waals surface area contributed by atoms with Crippen LogP contribution < -0.4 is 0 Å². The summed E-state index contributed by atoms with van der Waals surface area (Å²) in [4.78, 5) is 14.6. The molecule has 0 spiro atoms. The first-order chi connectivity index (χ1) is 5.24. The Balaban J connectivity index is 3.01. The van der Waals surface area contributed by atoms with Crippen molar-refractivity contribution in [1.82, 2.24) is 4.98 Å². The monoisotopic (exact) mass is 151 g/mol. The predicted octanol–water partition coefficient (Wildman–Crippen LogP) is 0.776. The molecule has 11 heavy (non-hydrogen) atoms. The summed E-state index contributed by atoms with van der Waals surface area (Å²) in [6, 6.07) is 1.63. The molecule has 1 aromatic heterocycles. The average Bonchev–Trinajstić information content (AvgIpc) is 2.05. The second kappa shape index (κ2) is 3.25. The molecule has 1 aromatic rings. The van der Waals surface area contributed by atoms with E-state index in [9.17, 15) is 4.79 Å². The van der Waals surface area contributed by atoms with Crippen molar-refractivity contribution in [2.75, 3.05) is 0 Å². The number of hydrogen-bond acceptors (Lipinski definition) is 3. The van der Waals surface area contributed by atoms with Crippen molar-refractivity contribution in [2.45, 2.75) is 13.5 Å². The maximum atomic E-state index is 10.8. The molecule has 0 atom stereocenters. The van der Waals surface area contributed by atoms with Crippen LogP contribution in [0.15, 0.2) is 18.5 Å². The number of aromatic nitrogens is 1. The van der Waals surface area contributed by atoms with Gasteiger partial charge in [0.2, 0.25) is 0 Å². The Bertz CT molecular complexity index is 271. The highest BCUT2D eigenvalue weighted by Crippen LogP contribution is 2.02. The third-order valence-electron chi connectivity index (χ3n) is 1.38. The zero-order valence-electron chi connectivity index (χ0n) is 6.24. The molecule has 0 radical (unpaired) electrons. The normalized spacial score (nSPS) is 9.64. The van der Waals surface area contributed by atoms with Gasteiger partial charge in [-0.15, -0.1) is 0 Å². The number of carbonyl (C=O) groups is 1. The Hall–Kier alpha value is -1.22. The van der Waals surface area contributed by atoms with Crippen molar-refractivity contribution in [3.63, 3.8) is 0 Å². The summed E-state index contributed by atoms with van der Waals surface area (Å²) in [5, 5.41) is 8.69. The Morgan fingerprint density at radius 1 is 1.64 bits per heavy atom. The second-order valence-electron chi connectivity index (χ2n) is 2.30. The van der Waals surface area contributed by atoms with Gasteiger partial charge in [0.05, 0.1) is 6.61 Å². The van der Waals surface area contributed by atoms with Gasteiger partial charge in [0, 0.05) is 18.0 Å². The third-order valence-corrected chi connectivity index (χ3v) is 1.38. The van der Waals surface area contributed by atoms with Crippen molar-refractivity contribution in [3.05, 3.63) is 29.6 Å². The third kappa shape index (κ3) is 1.85. The lowest BCUT2D eigenvalue weighted by Gasteiger charge is -1.96. The molecular weight excluding hydrogens is 142 g/mol. The summed E-state index contributed by atoms with van der Waals surface area (Å²) in [6.07, 6.45) is 3.02. The molecule has 0 unspecified atom stereocenters. The fraction of sp³-hybridized carbons (Fsp3) is 0.250. The van der Waals surface area contributed by atoms with E-state index >= 15 is 0 Å². The number of rotatable bonds is 2. The van der Waals surface area contributed by atoms with Gasteiger partial charge in [-0.1, -0.05) is 0 Å². The molecule has 0 saturated carbocycles. The van der Waals surface area contributed by atoms with E-state index in [1.807, 2.05) is 0 Å². The molecule has 0 bridgehead atoms. The van der Waals surface area contributed by atoms with E-state index in [4.69, 9.17) is 5.11 Å². The largest absolute Gasteiger partial charge is 0.392 e. The Kier molecular flexibility index (Phi) is 2.33. The highest BCUT2D eigenvalue weighted by Gasteiger charge is 1.99. The molecule has 0 fully saturated rings. The second-order valence-corrected chi connectivity index (χ2v) is 2.30. The summed E-state index contributed by atoms with van der Waals surface area (Å²) in [6.45, 7) is 1.40. The lowest BCUT2D eigenvalue weighted by molar-refractivity contribution is 0.101. The van der Waals surface area contributed by atoms with Gasteiger partial charge in [-0.25, -0.2) is 0 Å². The van der Waals surface area contributed by atoms with Crippen molar-refractivity contribution in [3.8, 4) is 0 Å². The van der Waals surface area contributed by atoms with Crippen molar-refractivity contribution in [2.24, 2.45) is 0 Å². The summed E-state index contributed by atoms with van der Waals surface area (Å²) < 4.78 is 0. The van der Waals surface area contributed by atoms with Gasteiger partial charge in [-0.05, 0) is 18.6 Å². The van der Waals surface area contributed by atoms with Gasteiger partial charge in [0.15, 0.2) is 5.78 Å². The SMILES string of the molecule is CC(=O)c1cncc(CO)c1. The van der Waals surface area contributed by atoms with E-state index in [1.165, 1.54) is 19.3 Å². The van der Waals surface area contributed by atoms with Crippen LogP contribution in [0.3, 0.4) is 0 Å². The minimum atomic E-state index is -0.0753. The number of aliphatic hydroxyl groups excluding tert-OH is 1. The van der Waals surface area contributed by atoms with E-state index in [0.29, 0.717) is 11.1 Å². The van der Waals surface area contributed by atoms with E-state index in [2.05, 4.69) is 4.98 Å².